The lowest BCUT2D eigenvalue weighted by Crippen LogP contribution is -2.00. The van der Waals surface area contributed by atoms with Crippen molar-refractivity contribution in [2.24, 2.45) is 0 Å². The Morgan fingerprint density at radius 1 is 1.42 bits per heavy atom. The maximum absolute atomic E-state index is 11.0. The Kier molecular flexibility index (Phi) is 5.36. The average molecular weight is 264 g/mol. The van der Waals surface area contributed by atoms with Crippen molar-refractivity contribution in [2.45, 2.75) is 26.2 Å². The highest BCUT2D eigenvalue weighted by Crippen LogP contribution is 2.30. The smallest absolute Gasteiger partial charge is 0.280 e. The summed E-state index contributed by atoms with van der Waals surface area (Å²) >= 11 is 0. The Labute approximate surface area is 113 Å². The summed E-state index contributed by atoms with van der Waals surface area (Å²) in [5, 5.41) is 20.8. The van der Waals surface area contributed by atoms with Gasteiger partial charge in [-0.05, 0) is 36.7 Å². The third-order valence-electron chi connectivity index (χ3n) is 2.78. The molecule has 0 radical (unpaired) electrons. The topological polar surface area (TPSA) is 66.6 Å². The van der Waals surface area contributed by atoms with E-state index in [0.29, 0.717) is 5.56 Å². The van der Waals surface area contributed by atoms with Gasteiger partial charge >= 0.3 is 0 Å². The Morgan fingerprint density at radius 2 is 2.11 bits per heavy atom. The van der Waals surface area contributed by atoms with E-state index in [2.05, 4.69) is 6.92 Å². The first-order valence-corrected chi connectivity index (χ1v) is 6.30. The van der Waals surface area contributed by atoms with Crippen LogP contribution in [0.25, 0.3) is 6.08 Å². The Bertz CT molecular complexity index is 482. The fourth-order valence-electron chi connectivity index (χ4n) is 1.73. The summed E-state index contributed by atoms with van der Waals surface area (Å²) in [7, 11) is 3.70. The molecule has 1 aromatic rings. The first kappa shape index (κ1) is 15.0. The molecule has 0 saturated carbocycles. The zero-order chi connectivity index (χ0) is 14.4. The number of nitro benzene ring substituents is 1. The van der Waals surface area contributed by atoms with E-state index in [1.807, 2.05) is 19.0 Å². The highest BCUT2D eigenvalue weighted by atomic mass is 16.6. The molecule has 0 aromatic heterocycles. The monoisotopic (exact) mass is 264 g/mol. The van der Waals surface area contributed by atoms with E-state index >= 15 is 0 Å². The second-order valence-corrected chi connectivity index (χ2v) is 4.68. The molecule has 1 rings (SSSR count). The molecule has 0 unspecified atom stereocenters. The number of aryl methyl sites for hydroxylation is 1. The second kappa shape index (κ2) is 6.78. The van der Waals surface area contributed by atoms with Crippen molar-refractivity contribution < 1.29 is 10.0 Å². The van der Waals surface area contributed by atoms with Crippen molar-refractivity contribution in [1.29, 1.82) is 0 Å². The quantitative estimate of drug-likeness (QED) is 0.633. The third kappa shape index (κ3) is 4.28. The van der Waals surface area contributed by atoms with Gasteiger partial charge in [-0.3, -0.25) is 10.1 Å². The number of rotatable bonds is 6. The molecular weight excluding hydrogens is 244 g/mol. The van der Waals surface area contributed by atoms with Crippen LogP contribution in [0.3, 0.4) is 0 Å². The number of nitrogens with zero attached hydrogens (tertiary/aromatic N) is 2. The summed E-state index contributed by atoms with van der Waals surface area (Å²) in [6.07, 6.45) is 6.13. The maximum atomic E-state index is 11.0. The van der Waals surface area contributed by atoms with Crippen molar-refractivity contribution in [3.63, 3.8) is 0 Å². The van der Waals surface area contributed by atoms with E-state index in [-0.39, 0.29) is 11.4 Å². The number of hydrogen-bond donors (Lipinski definition) is 1. The van der Waals surface area contributed by atoms with Crippen molar-refractivity contribution in [2.75, 3.05) is 14.1 Å². The van der Waals surface area contributed by atoms with Crippen molar-refractivity contribution in [3.05, 3.63) is 39.6 Å². The summed E-state index contributed by atoms with van der Waals surface area (Å²) in [5.41, 5.74) is 1.20. The van der Waals surface area contributed by atoms with E-state index in [4.69, 9.17) is 0 Å². The summed E-state index contributed by atoms with van der Waals surface area (Å²) in [6.45, 7) is 2.06. The average Bonchev–Trinajstić information content (AvgIpc) is 2.35. The summed E-state index contributed by atoms with van der Waals surface area (Å²) in [4.78, 5) is 12.3. The Morgan fingerprint density at radius 3 is 2.63 bits per heavy atom. The van der Waals surface area contributed by atoms with Crippen LogP contribution in [0.1, 0.15) is 30.9 Å². The van der Waals surface area contributed by atoms with Gasteiger partial charge in [0.15, 0.2) is 0 Å². The van der Waals surface area contributed by atoms with Gasteiger partial charge in [-0.15, -0.1) is 0 Å². The van der Waals surface area contributed by atoms with Gasteiger partial charge in [0.05, 0.1) is 16.6 Å². The molecule has 5 nitrogen and oxygen atoms in total. The fraction of sp³-hybridized carbons (Fsp3) is 0.429. The Hall–Kier alpha value is -2.04. The number of phenols is 1. The minimum absolute atomic E-state index is 0.00199. The predicted molar refractivity (Wildman–Crippen MR) is 76.1 cm³/mol. The van der Waals surface area contributed by atoms with Crippen LogP contribution in [0, 0.1) is 10.1 Å². The minimum atomic E-state index is -0.474. The molecule has 0 saturated heterocycles. The first-order chi connectivity index (χ1) is 8.95. The van der Waals surface area contributed by atoms with Crippen molar-refractivity contribution >= 4 is 11.8 Å². The maximum Gasteiger partial charge on any atom is 0.280 e. The summed E-state index contributed by atoms with van der Waals surface area (Å²) < 4.78 is 0. The molecule has 0 bridgehead atoms. The molecular formula is C14H20N2O3. The van der Waals surface area contributed by atoms with Gasteiger partial charge in [0.2, 0.25) is 0 Å². The second-order valence-electron chi connectivity index (χ2n) is 4.68. The van der Waals surface area contributed by atoms with Crippen LogP contribution in [0.5, 0.6) is 5.75 Å². The zero-order valence-electron chi connectivity index (χ0n) is 11.6. The molecule has 0 aliphatic rings. The summed E-state index contributed by atoms with van der Waals surface area (Å²) in [6, 6.07) is 2.93. The van der Waals surface area contributed by atoms with Gasteiger partial charge in [0.25, 0.3) is 5.69 Å². The molecule has 1 aromatic carbocycles. The van der Waals surface area contributed by atoms with E-state index in [0.717, 1.165) is 24.8 Å². The lowest BCUT2D eigenvalue weighted by molar-refractivity contribution is -0.385. The van der Waals surface area contributed by atoms with Crippen molar-refractivity contribution in [1.82, 2.24) is 4.90 Å². The number of nitro groups is 1. The van der Waals surface area contributed by atoms with Crippen LogP contribution in [0.4, 0.5) is 5.69 Å². The van der Waals surface area contributed by atoms with Gasteiger partial charge in [-0.1, -0.05) is 13.3 Å². The van der Waals surface area contributed by atoms with Crippen LogP contribution >= 0.6 is 0 Å². The lowest BCUT2D eigenvalue weighted by atomic mass is 10.0. The molecule has 1 N–H and O–H groups in total. The van der Waals surface area contributed by atoms with Crippen molar-refractivity contribution in [3.8, 4) is 5.75 Å². The predicted octanol–water partition coefficient (Wildman–Crippen LogP) is 3.18. The zero-order valence-corrected chi connectivity index (χ0v) is 11.6. The van der Waals surface area contributed by atoms with Crippen LogP contribution in [-0.2, 0) is 6.42 Å². The highest BCUT2D eigenvalue weighted by molar-refractivity contribution is 5.64. The van der Waals surface area contributed by atoms with Gasteiger partial charge in [-0.2, -0.15) is 0 Å². The molecule has 0 amide bonds. The molecule has 5 heteroatoms. The van der Waals surface area contributed by atoms with Crippen LogP contribution < -0.4 is 0 Å². The van der Waals surface area contributed by atoms with E-state index < -0.39 is 4.92 Å². The Balaban J connectivity index is 3.19. The number of unbranched alkanes of at least 4 members (excludes halogenated alkanes) is 1. The normalized spacial score (nSPS) is 10.9. The fourth-order valence-corrected chi connectivity index (χ4v) is 1.73. The molecule has 0 fully saturated rings. The number of hydrogen-bond acceptors (Lipinski definition) is 4. The number of phenolic OH excluding ortho intramolecular Hbond substituents is 1. The van der Waals surface area contributed by atoms with Gasteiger partial charge in [0.1, 0.15) is 5.75 Å². The highest BCUT2D eigenvalue weighted by Gasteiger charge is 2.16. The summed E-state index contributed by atoms with van der Waals surface area (Å²) in [5.74, 6) is 0.00199. The van der Waals surface area contributed by atoms with Crippen LogP contribution in [0.2, 0.25) is 0 Å². The molecule has 0 heterocycles. The molecule has 0 spiro atoms. The molecule has 0 aliphatic carbocycles. The molecule has 0 atom stereocenters. The third-order valence-corrected chi connectivity index (χ3v) is 2.78. The first-order valence-electron chi connectivity index (χ1n) is 6.30. The lowest BCUT2D eigenvalue weighted by Gasteiger charge is -2.08. The van der Waals surface area contributed by atoms with Gasteiger partial charge in [0, 0.05) is 14.1 Å². The SMILES string of the molecule is CCCCc1cc(/C=C/N(C)C)c([N+](=O)[O-])cc1O. The molecule has 0 aliphatic heterocycles. The largest absolute Gasteiger partial charge is 0.507 e. The number of aromatic hydroxyl groups is 1. The van der Waals surface area contributed by atoms with Gasteiger partial charge < -0.3 is 10.0 Å². The standard InChI is InChI=1S/C14H20N2O3/c1-4-5-6-12-9-11(7-8-15(2)3)13(16(18)19)10-14(12)17/h7-10,17H,4-6H2,1-3H3/b8-7+. The van der Waals surface area contributed by atoms with Crippen LogP contribution in [-0.4, -0.2) is 29.0 Å². The minimum Gasteiger partial charge on any atom is -0.507 e. The number of benzene rings is 1. The van der Waals surface area contributed by atoms with E-state index in [1.54, 1.807) is 18.3 Å². The van der Waals surface area contributed by atoms with Gasteiger partial charge in [-0.25, -0.2) is 0 Å². The van der Waals surface area contributed by atoms with Crippen LogP contribution in [0.15, 0.2) is 18.3 Å². The molecule has 19 heavy (non-hydrogen) atoms. The van der Waals surface area contributed by atoms with E-state index in [1.165, 1.54) is 6.07 Å². The molecule has 104 valence electrons. The van der Waals surface area contributed by atoms with E-state index in [9.17, 15) is 15.2 Å².